The molecule has 0 unspecified atom stereocenters. The number of hydrogen-bond donors (Lipinski definition) is 2. The standard InChI is InChI=1S/C14H18N2O4/c1-8-7-11(17)20-9(2)12(8)14(19)16-10-5-3-4-6-15-13(10)18/h7,10H,3-6H2,1-2H3,(H,15,18)(H,16,19)/t10-/m0/s1. The lowest BCUT2D eigenvalue weighted by molar-refractivity contribution is -0.122. The number of carbonyl (C=O) groups is 2. The zero-order chi connectivity index (χ0) is 14.7. The monoisotopic (exact) mass is 278 g/mol. The molecule has 6 heteroatoms. The summed E-state index contributed by atoms with van der Waals surface area (Å²) in [4.78, 5) is 35.3. The average molecular weight is 278 g/mol. The molecule has 2 rings (SSSR count). The molecule has 108 valence electrons. The van der Waals surface area contributed by atoms with E-state index in [1.54, 1.807) is 13.8 Å². The quantitative estimate of drug-likeness (QED) is 0.831. The fourth-order valence-corrected chi connectivity index (χ4v) is 2.40. The van der Waals surface area contributed by atoms with Gasteiger partial charge in [-0.15, -0.1) is 0 Å². The Labute approximate surface area is 116 Å². The first-order valence-electron chi connectivity index (χ1n) is 6.69. The molecule has 2 N–H and O–H groups in total. The fourth-order valence-electron chi connectivity index (χ4n) is 2.40. The predicted molar refractivity (Wildman–Crippen MR) is 72.6 cm³/mol. The van der Waals surface area contributed by atoms with Crippen molar-refractivity contribution in [3.05, 3.63) is 33.4 Å². The Morgan fingerprint density at radius 1 is 1.35 bits per heavy atom. The lowest BCUT2D eigenvalue weighted by Crippen LogP contribution is -2.45. The summed E-state index contributed by atoms with van der Waals surface area (Å²) in [5.41, 5.74) is 0.385. The molecule has 1 aromatic rings. The van der Waals surface area contributed by atoms with Gasteiger partial charge in [0.25, 0.3) is 5.91 Å². The molecule has 0 saturated carbocycles. The minimum absolute atomic E-state index is 0.163. The number of nitrogens with one attached hydrogen (secondary N) is 2. The van der Waals surface area contributed by atoms with Crippen LogP contribution in [0.4, 0.5) is 0 Å². The van der Waals surface area contributed by atoms with Crippen molar-refractivity contribution >= 4 is 11.8 Å². The van der Waals surface area contributed by atoms with E-state index in [1.165, 1.54) is 6.07 Å². The predicted octanol–water partition coefficient (Wildman–Crippen LogP) is 0.655. The van der Waals surface area contributed by atoms with E-state index in [-0.39, 0.29) is 17.6 Å². The lowest BCUT2D eigenvalue weighted by atomic mass is 10.1. The van der Waals surface area contributed by atoms with Crippen LogP contribution in [-0.4, -0.2) is 24.4 Å². The molecule has 1 aliphatic heterocycles. The number of rotatable bonds is 2. The second kappa shape index (κ2) is 5.90. The molecule has 1 saturated heterocycles. The maximum Gasteiger partial charge on any atom is 0.336 e. The molecule has 1 aromatic heterocycles. The highest BCUT2D eigenvalue weighted by Gasteiger charge is 2.24. The van der Waals surface area contributed by atoms with Gasteiger partial charge in [0.05, 0.1) is 5.56 Å². The highest BCUT2D eigenvalue weighted by molar-refractivity contribution is 5.99. The van der Waals surface area contributed by atoms with Crippen LogP contribution < -0.4 is 16.3 Å². The first-order valence-corrected chi connectivity index (χ1v) is 6.69. The zero-order valence-corrected chi connectivity index (χ0v) is 11.6. The van der Waals surface area contributed by atoms with Crippen LogP contribution in [0.5, 0.6) is 0 Å². The molecule has 0 bridgehead atoms. The van der Waals surface area contributed by atoms with E-state index in [4.69, 9.17) is 4.42 Å². The minimum atomic E-state index is -0.532. The molecule has 0 radical (unpaired) electrons. The molecule has 2 amide bonds. The summed E-state index contributed by atoms with van der Waals surface area (Å²) in [5.74, 6) is -0.282. The molecule has 1 atom stereocenters. The highest BCUT2D eigenvalue weighted by atomic mass is 16.4. The molecule has 6 nitrogen and oxygen atoms in total. The first-order chi connectivity index (χ1) is 9.49. The molecule has 0 spiro atoms. The summed E-state index contributed by atoms with van der Waals surface area (Å²) in [6, 6.07) is 0.741. The van der Waals surface area contributed by atoms with Crippen molar-refractivity contribution in [2.75, 3.05) is 6.54 Å². The Morgan fingerprint density at radius 3 is 2.80 bits per heavy atom. The van der Waals surface area contributed by atoms with E-state index in [2.05, 4.69) is 10.6 Å². The largest absolute Gasteiger partial charge is 0.427 e. The van der Waals surface area contributed by atoms with Crippen LogP contribution in [0.15, 0.2) is 15.3 Å². The molecule has 1 aliphatic rings. The van der Waals surface area contributed by atoms with Gasteiger partial charge >= 0.3 is 5.63 Å². The first kappa shape index (κ1) is 14.3. The van der Waals surface area contributed by atoms with E-state index in [0.717, 1.165) is 12.8 Å². The lowest BCUT2D eigenvalue weighted by Gasteiger charge is -2.16. The summed E-state index contributed by atoms with van der Waals surface area (Å²) in [5, 5.41) is 5.48. The molecule has 1 fully saturated rings. The van der Waals surface area contributed by atoms with Crippen LogP contribution in [0.3, 0.4) is 0 Å². The smallest absolute Gasteiger partial charge is 0.336 e. The van der Waals surface area contributed by atoms with Gasteiger partial charge in [-0.3, -0.25) is 9.59 Å². The normalized spacial score (nSPS) is 19.1. The second-order valence-corrected chi connectivity index (χ2v) is 4.99. The summed E-state index contributed by atoms with van der Waals surface area (Å²) >= 11 is 0. The number of aryl methyl sites for hydroxylation is 2. The van der Waals surface area contributed by atoms with Crippen molar-refractivity contribution in [2.45, 2.75) is 39.2 Å². The maximum atomic E-state index is 12.3. The van der Waals surface area contributed by atoms with Gasteiger partial charge in [0.15, 0.2) is 0 Å². The Hall–Kier alpha value is -2.11. The molecule has 2 heterocycles. The Kier molecular flexibility index (Phi) is 4.22. The van der Waals surface area contributed by atoms with Crippen molar-refractivity contribution in [2.24, 2.45) is 0 Å². The van der Waals surface area contributed by atoms with Crippen molar-refractivity contribution < 1.29 is 14.0 Å². The fraction of sp³-hybridized carbons (Fsp3) is 0.500. The van der Waals surface area contributed by atoms with E-state index in [9.17, 15) is 14.4 Å². The van der Waals surface area contributed by atoms with Crippen molar-refractivity contribution in [1.82, 2.24) is 10.6 Å². The van der Waals surface area contributed by atoms with Crippen LogP contribution in [-0.2, 0) is 4.79 Å². The van der Waals surface area contributed by atoms with Gasteiger partial charge in [-0.05, 0) is 38.7 Å². The molecule has 20 heavy (non-hydrogen) atoms. The van der Waals surface area contributed by atoms with Crippen LogP contribution >= 0.6 is 0 Å². The van der Waals surface area contributed by atoms with Crippen LogP contribution in [0.1, 0.15) is 40.9 Å². The second-order valence-electron chi connectivity index (χ2n) is 4.99. The maximum absolute atomic E-state index is 12.3. The number of carbonyl (C=O) groups excluding carboxylic acids is 2. The summed E-state index contributed by atoms with van der Waals surface area (Å²) in [7, 11) is 0. The van der Waals surface area contributed by atoms with Crippen LogP contribution in [0.25, 0.3) is 0 Å². The number of hydrogen-bond acceptors (Lipinski definition) is 4. The van der Waals surface area contributed by atoms with Gasteiger partial charge in [0.2, 0.25) is 5.91 Å². The van der Waals surface area contributed by atoms with E-state index in [1.807, 2.05) is 0 Å². The minimum Gasteiger partial charge on any atom is -0.427 e. The van der Waals surface area contributed by atoms with Crippen molar-refractivity contribution in [3.63, 3.8) is 0 Å². The molecule has 0 aromatic carbocycles. The van der Waals surface area contributed by atoms with Gasteiger partial charge in [0, 0.05) is 12.6 Å². The van der Waals surface area contributed by atoms with E-state index >= 15 is 0 Å². The van der Waals surface area contributed by atoms with Crippen molar-refractivity contribution in [1.29, 1.82) is 0 Å². The highest BCUT2D eigenvalue weighted by Crippen LogP contribution is 2.12. The van der Waals surface area contributed by atoms with Gasteiger partial charge in [-0.2, -0.15) is 0 Å². The Balaban J connectivity index is 2.20. The zero-order valence-electron chi connectivity index (χ0n) is 11.6. The van der Waals surface area contributed by atoms with Crippen LogP contribution in [0, 0.1) is 13.8 Å². The van der Waals surface area contributed by atoms with Gasteiger partial charge in [0.1, 0.15) is 11.8 Å². The summed E-state index contributed by atoms with van der Waals surface area (Å²) < 4.78 is 4.93. The van der Waals surface area contributed by atoms with Crippen LogP contribution in [0.2, 0.25) is 0 Å². The average Bonchev–Trinajstić information content (AvgIpc) is 2.53. The van der Waals surface area contributed by atoms with Gasteiger partial charge in [-0.25, -0.2) is 4.79 Å². The molecule has 0 aliphatic carbocycles. The summed E-state index contributed by atoms with van der Waals surface area (Å²) in [6.07, 6.45) is 2.41. The third-order valence-corrected chi connectivity index (χ3v) is 3.40. The Bertz CT molecular complexity index is 565. The Morgan fingerprint density at radius 2 is 2.10 bits per heavy atom. The van der Waals surface area contributed by atoms with E-state index < -0.39 is 11.7 Å². The number of amides is 2. The van der Waals surface area contributed by atoms with Crippen molar-refractivity contribution in [3.8, 4) is 0 Å². The van der Waals surface area contributed by atoms with Gasteiger partial charge in [-0.1, -0.05) is 0 Å². The van der Waals surface area contributed by atoms with Gasteiger partial charge < -0.3 is 15.1 Å². The SMILES string of the molecule is Cc1cc(=O)oc(C)c1C(=O)N[C@H]1CCCCNC1=O. The molecular formula is C14H18N2O4. The van der Waals surface area contributed by atoms with E-state index in [0.29, 0.717) is 24.1 Å². The third-order valence-electron chi connectivity index (χ3n) is 3.40. The molecular weight excluding hydrogens is 260 g/mol. The topological polar surface area (TPSA) is 88.4 Å². The summed E-state index contributed by atoms with van der Waals surface area (Å²) in [6.45, 7) is 3.88. The third kappa shape index (κ3) is 3.07.